The van der Waals surface area contributed by atoms with E-state index in [0.717, 1.165) is 39.3 Å². The molecular weight excluding hydrogens is 200 g/mol. The van der Waals surface area contributed by atoms with E-state index in [-0.39, 0.29) is 0 Å². The van der Waals surface area contributed by atoms with Crippen molar-refractivity contribution in [3.63, 3.8) is 0 Å². The second kappa shape index (κ2) is 8.36. The first-order valence-electron chi connectivity index (χ1n) is 6.30. The van der Waals surface area contributed by atoms with Gasteiger partial charge in [0.05, 0.1) is 6.61 Å². The molecule has 0 unspecified atom stereocenters. The molecule has 1 heterocycles. The molecule has 1 aromatic rings. The van der Waals surface area contributed by atoms with E-state index < -0.39 is 0 Å². The van der Waals surface area contributed by atoms with E-state index in [2.05, 4.69) is 42.2 Å². The Labute approximate surface area is 98.8 Å². The highest BCUT2D eigenvalue weighted by atomic mass is 16.5. The van der Waals surface area contributed by atoms with Gasteiger partial charge in [-0.05, 0) is 31.0 Å². The van der Waals surface area contributed by atoms with Crippen LogP contribution in [0.4, 0.5) is 0 Å². The van der Waals surface area contributed by atoms with Gasteiger partial charge in [0.2, 0.25) is 0 Å². The number of aromatic nitrogens is 1. The van der Waals surface area contributed by atoms with Crippen LogP contribution >= 0.6 is 0 Å². The SMILES string of the molecule is CCCNCc1ccn(CCOCCC)c1. The van der Waals surface area contributed by atoms with Crippen molar-refractivity contribution < 1.29 is 4.74 Å². The summed E-state index contributed by atoms with van der Waals surface area (Å²) in [6.45, 7) is 9.00. The molecule has 1 rings (SSSR count). The van der Waals surface area contributed by atoms with Gasteiger partial charge < -0.3 is 14.6 Å². The third-order valence-electron chi connectivity index (χ3n) is 2.41. The van der Waals surface area contributed by atoms with Crippen LogP contribution in [-0.4, -0.2) is 24.3 Å². The van der Waals surface area contributed by atoms with E-state index in [1.165, 1.54) is 12.0 Å². The van der Waals surface area contributed by atoms with Crippen molar-refractivity contribution in [1.82, 2.24) is 9.88 Å². The Morgan fingerprint density at radius 3 is 2.88 bits per heavy atom. The fourth-order valence-electron chi connectivity index (χ4n) is 1.56. The lowest BCUT2D eigenvalue weighted by atomic mass is 10.3. The number of nitrogens with zero attached hydrogens (tertiary/aromatic N) is 1. The average Bonchev–Trinajstić information content (AvgIpc) is 2.73. The summed E-state index contributed by atoms with van der Waals surface area (Å²) in [7, 11) is 0. The van der Waals surface area contributed by atoms with Crippen molar-refractivity contribution in [3.05, 3.63) is 24.0 Å². The molecule has 0 amide bonds. The van der Waals surface area contributed by atoms with Crippen LogP contribution in [0.1, 0.15) is 32.3 Å². The van der Waals surface area contributed by atoms with E-state index in [1.807, 2.05) is 0 Å². The molecule has 0 fully saturated rings. The largest absolute Gasteiger partial charge is 0.380 e. The number of nitrogens with one attached hydrogen (secondary N) is 1. The van der Waals surface area contributed by atoms with Gasteiger partial charge in [-0.3, -0.25) is 0 Å². The molecule has 0 saturated carbocycles. The highest BCUT2D eigenvalue weighted by Gasteiger charge is 1.96. The molecular formula is C13H24N2O. The Morgan fingerprint density at radius 2 is 2.12 bits per heavy atom. The molecule has 92 valence electrons. The third kappa shape index (κ3) is 5.33. The van der Waals surface area contributed by atoms with Gasteiger partial charge in [0, 0.05) is 32.1 Å². The Balaban J connectivity index is 2.17. The molecule has 1 aromatic heterocycles. The Bertz CT molecular complexity index is 271. The molecule has 0 radical (unpaired) electrons. The summed E-state index contributed by atoms with van der Waals surface area (Å²) < 4.78 is 7.65. The van der Waals surface area contributed by atoms with Gasteiger partial charge in [0.15, 0.2) is 0 Å². The van der Waals surface area contributed by atoms with Crippen LogP contribution in [0.5, 0.6) is 0 Å². The zero-order valence-corrected chi connectivity index (χ0v) is 10.5. The van der Waals surface area contributed by atoms with Gasteiger partial charge in [-0.1, -0.05) is 13.8 Å². The monoisotopic (exact) mass is 224 g/mol. The molecule has 0 bridgehead atoms. The van der Waals surface area contributed by atoms with Crippen molar-refractivity contribution in [2.45, 2.75) is 39.8 Å². The minimum absolute atomic E-state index is 0.810. The first kappa shape index (κ1) is 13.3. The number of hydrogen-bond donors (Lipinski definition) is 1. The molecule has 3 nitrogen and oxygen atoms in total. The summed E-state index contributed by atoms with van der Waals surface area (Å²) in [6.07, 6.45) is 6.60. The molecule has 0 aliphatic heterocycles. The van der Waals surface area contributed by atoms with Gasteiger partial charge in [-0.2, -0.15) is 0 Å². The van der Waals surface area contributed by atoms with Crippen LogP contribution in [0.2, 0.25) is 0 Å². The molecule has 0 aliphatic carbocycles. The number of ether oxygens (including phenoxy) is 1. The van der Waals surface area contributed by atoms with Gasteiger partial charge >= 0.3 is 0 Å². The second-order valence-corrected chi connectivity index (χ2v) is 4.05. The lowest BCUT2D eigenvalue weighted by Crippen LogP contribution is -2.13. The Kier molecular flexibility index (Phi) is 6.93. The molecule has 0 spiro atoms. The summed E-state index contributed by atoms with van der Waals surface area (Å²) in [5.74, 6) is 0. The van der Waals surface area contributed by atoms with Gasteiger partial charge in [0.1, 0.15) is 0 Å². The Hall–Kier alpha value is -0.800. The van der Waals surface area contributed by atoms with E-state index in [9.17, 15) is 0 Å². The highest BCUT2D eigenvalue weighted by Crippen LogP contribution is 2.01. The summed E-state index contributed by atoms with van der Waals surface area (Å²) in [5, 5.41) is 3.40. The predicted molar refractivity (Wildman–Crippen MR) is 67.5 cm³/mol. The van der Waals surface area contributed by atoms with Crippen LogP contribution < -0.4 is 5.32 Å². The van der Waals surface area contributed by atoms with E-state index in [0.29, 0.717) is 0 Å². The predicted octanol–water partition coefficient (Wildman–Crippen LogP) is 2.41. The van der Waals surface area contributed by atoms with Gasteiger partial charge in [-0.25, -0.2) is 0 Å². The number of hydrogen-bond acceptors (Lipinski definition) is 2. The standard InChI is InChI=1S/C13H24N2O/c1-3-6-14-11-13-5-7-15(12-13)8-10-16-9-4-2/h5,7,12,14H,3-4,6,8-11H2,1-2H3. The number of rotatable bonds is 9. The smallest absolute Gasteiger partial charge is 0.0645 e. The zero-order chi connectivity index (χ0) is 11.6. The third-order valence-corrected chi connectivity index (χ3v) is 2.41. The van der Waals surface area contributed by atoms with E-state index in [4.69, 9.17) is 4.74 Å². The lowest BCUT2D eigenvalue weighted by Gasteiger charge is -2.04. The van der Waals surface area contributed by atoms with Crippen molar-refractivity contribution in [2.24, 2.45) is 0 Å². The van der Waals surface area contributed by atoms with Crippen LogP contribution in [-0.2, 0) is 17.8 Å². The normalized spacial score (nSPS) is 10.9. The molecule has 1 N–H and O–H groups in total. The molecule has 0 aromatic carbocycles. The molecule has 3 heteroatoms. The summed E-state index contributed by atoms with van der Waals surface area (Å²) in [6, 6.07) is 2.17. The van der Waals surface area contributed by atoms with Crippen LogP contribution in [0, 0.1) is 0 Å². The van der Waals surface area contributed by atoms with Crippen LogP contribution in [0.25, 0.3) is 0 Å². The Morgan fingerprint density at radius 1 is 1.25 bits per heavy atom. The van der Waals surface area contributed by atoms with Crippen molar-refractivity contribution in [3.8, 4) is 0 Å². The maximum Gasteiger partial charge on any atom is 0.0645 e. The molecule has 0 aliphatic rings. The van der Waals surface area contributed by atoms with Gasteiger partial charge in [0.25, 0.3) is 0 Å². The summed E-state index contributed by atoms with van der Waals surface area (Å²) in [4.78, 5) is 0. The maximum atomic E-state index is 5.46. The highest BCUT2D eigenvalue weighted by molar-refractivity contribution is 5.09. The topological polar surface area (TPSA) is 26.2 Å². The quantitative estimate of drug-likeness (QED) is 0.652. The van der Waals surface area contributed by atoms with Crippen molar-refractivity contribution in [1.29, 1.82) is 0 Å². The van der Waals surface area contributed by atoms with Crippen LogP contribution in [0.15, 0.2) is 18.5 Å². The van der Waals surface area contributed by atoms with Crippen LogP contribution in [0.3, 0.4) is 0 Å². The van der Waals surface area contributed by atoms with Gasteiger partial charge in [-0.15, -0.1) is 0 Å². The van der Waals surface area contributed by atoms with E-state index >= 15 is 0 Å². The average molecular weight is 224 g/mol. The molecule has 0 saturated heterocycles. The second-order valence-electron chi connectivity index (χ2n) is 4.05. The minimum Gasteiger partial charge on any atom is -0.380 e. The maximum absolute atomic E-state index is 5.46. The fraction of sp³-hybridized carbons (Fsp3) is 0.692. The lowest BCUT2D eigenvalue weighted by molar-refractivity contribution is 0.127. The molecule has 16 heavy (non-hydrogen) atoms. The first-order chi connectivity index (χ1) is 7.86. The molecule has 0 atom stereocenters. The first-order valence-corrected chi connectivity index (χ1v) is 6.30. The van der Waals surface area contributed by atoms with Crippen molar-refractivity contribution in [2.75, 3.05) is 19.8 Å². The summed E-state index contributed by atoms with van der Waals surface area (Å²) >= 11 is 0. The van der Waals surface area contributed by atoms with E-state index in [1.54, 1.807) is 0 Å². The zero-order valence-electron chi connectivity index (χ0n) is 10.5. The van der Waals surface area contributed by atoms with Crippen molar-refractivity contribution >= 4 is 0 Å². The fourth-order valence-corrected chi connectivity index (χ4v) is 1.56. The summed E-state index contributed by atoms with van der Waals surface area (Å²) in [5.41, 5.74) is 1.35. The minimum atomic E-state index is 0.810.